The highest BCUT2D eigenvalue weighted by Crippen LogP contribution is 2.32. The van der Waals surface area contributed by atoms with Crippen LogP contribution in [0.3, 0.4) is 0 Å². The Balaban J connectivity index is 2.44. The van der Waals surface area contributed by atoms with Crippen LogP contribution in [0.1, 0.15) is 39.5 Å². The summed E-state index contributed by atoms with van der Waals surface area (Å²) in [5.74, 6) is 0.487. The summed E-state index contributed by atoms with van der Waals surface area (Å²) in [4.78, 5) is 11.6. The van der Waals surface area contributed by atoms with Crippen LogP contribution < -0.4 is 0 Å². The Labute approximate surface area is 85.5 Å². The van der Waals surface area contributed by atoms with E-state index in [0.717, 1.165) is 12.8 Å². The predicted molar refractivity (Wildman–Crippen MR) is 54.1 cm³/mol. The Kier molecular flexibility index (Phi) is 4.08. The van der Waals surface area contributed by atoms with Gasteiger partial charge in [-0.2, -0.15) is 0 Å². The topological polar surface area (TPSA) is 46.5 Å². The normalized spacial score (nSPS) is 32.9. The van der Waals surface area contributed by atoms with Gasteiger partial charge in [0, 0.05) is 6.61 Å². The van der Waals surface area contributed by atoms with Crippen LogP contribution in [0.5, 0.6) is 0 Å². The molecule has 0 spiro atoms. The molecule has 14 heavy (non-hydrogen) atoms. The number of ketones is 1. The molecule has 1 saturated carbocycles. The van der Waals surface area contributed by atoms with Gasteiger partial charge >= 0.3 is 0 Å². The number of hydrogen-bond donors (Lipinski definition) is 1. The van der Waals surface area contributed by atoms with E-state index in [-0.39, 0.29) is 12.4 Å². The van der Waals surface area contributed by atoms with E-state index < -0.39 is 5.60 Å². The van der Waals surface area contributed by atoms with Crippen LogP contribution in [-0.4, -0.2) is 29.7 Å². The standard InChI is InChI=1S/C11H20O3/c1-3-14-8-10(12)11(13)6-4-9(2)5-7-11/h9,13H,3-8H2,1-2H3. The average Bonchev–Trinajstić information content (AvgIpc) is 2.19. The summed E-state index contributed by atoms with van der Waals surface area (Å²) in [6.07, 6.45) is 3.07. The number of Topliss-reactive ketones (excluding diaryl/α,β-unsaturated/α-hetero) is 1. The van der Waals surface area contributed by atoms with E-state index >= 15 is 0 Å². The molecule has 0 amide bonds. The molecular formula is C11H20O3. The molecule has 1 rings (SSSR count). The van der Waals surface area contributed by atoms with Gasteiger partial charge in [-0.25, -0.2) is 0 Å². The van der Waals surface area contributed by atoms with Crippen molar-refractivity contribution in [3.63, 3.8) is 0 Å². The maximum absolute atomic E-state index is 11.6. The molecule has 1 aliphatic rings. The van der Waals surface area contributed by atoms with Crippen molar-refractivity contribution in [1.82, 2.24) is 0 Å². The van der Waals surface area contributed by atoms with Crippen molar-refractivity contribution in [2.24, 2.45) is 5.92 Å². The summed E-state index contributed by atoms with van der Waals surface area (Å²) < 4.78 is 5.03. The second-order valence-corrected chi connectivity index (χ2v) is 4.27. The van der Waals surface area contributed by atoms with Gasteiger partial charge in [0.25, 0.3) is 0 Å². The van der Waals surface area contributed by atoms with Crippen molar-refractivity contribution in [3.05, 3.63) is 0 Å². The lowest BCUT2D eigenvalue weighted by Crippen LogP contribution is -2.43. The van der Waals surface area contributed by atoms with Crippen molar-refractivity contribution in [2.75, 3.05) is 13.2 Å². The largest absolute Gasteiger partial charge is 0.382 e. The van der Waals surface area contributed by atoms with Crippen LogP contribution in [0.2, 0.25) is 0 Å². The minimum absolute atomic E-state index is 0.0569. The van der Waals surface area contributed by atoms with Crippen molar-refractivity contribution < 1.29 is 14.6 Å². The Morgan fingerprint density at radius 3 is 2.57 bits per heavy atom. The number of aliphatic hydroxyl groups is 1. The van der Waals surface area contributed by atoms with E-state index in [9.17, 15) is 9.90 Å². The van der Waals surface area contributed by atoms with Gasteiger partial charge in [-0.15, -0.1) is 0 Å². The van der Waals surface area contributed by atoms with Gasteiger partial charge in [-0.1, -0.05) is 6.92 Å². The number of rotatable bonds is 4. The molecule has 0 aromatic rings. The van der Waals surface area contributed by atoms with Gasteiger partial charge in [0.1, 0.15) is 12.2 Å². The van der Waals surface area contributed by atoms with Gasteiger partial charge < -0.3 is 9.84 Å². The monoisotopic (exact) mass is 200 g/mol. The minimum atomic E-state index is -1.10. The Morgan fingerprint density at radius 2 is 2.07 bits per heavy atom. The molecule has 3 heteroatoms. The van der Waals surface area contributed by atoms with Gasteiger partial charge in [-0.05, 0) is 38.5 Å². The highest BCUT2D eigenvalue weighted by molar-refractivity contribution is 5.88. The van der Waals surface area contributed by atoms with E-state index in [4.69, 9.17) is 4.74 Å². The molecule has 1 N–H and O–H groups in total. The fourth-order valence-corrected chi connectivity index (χ4v) is 1.85. The molecule has 0 aromatic carbocycles. The first-order valence-corrected chi connectivity index (χ1v) is 5.42. The van der Waals surface area contributed by atoms with E-state index in [0.29, 0.717) is 25.4 Å². The molecular weight excluding hydrogens is 180 g/mol. The fourth-order valence-electron chi connectivity index (χ4n) is 1.85. The van der Waals surface area contributed by atoms with Crippen molar-refractivity contribution in [2.45, 2.75) is 45.1 Å². The fraction of sp³-hybridized carbons (Fsp3) is 0.909. The van der Waals surface area contributed by atoms with Crippen LogP contribution in [0.4, 0.5) is 0 Å². The maximum atomic E-state index is 11.6. The smallest absolute Gasteiger partial charge is 0.189 e. The van der Waals surface area contributed by atoms with Crippen LogP contribution in [-0.2, 0) is 9.53 Å². The van der Waals surface area contributed by atoms with Crippen molar-refractivity contribution in [3.8, 4) is 0 Å². The Morgan fingerprint density at radius 1 is 1.50 bits per heavy atom. The third-order valence-corrected chi connectivity index (χ3v) is 3.06. The zero-order chi connectivity index (χ0) is 10.6. The number of hydrogen-bond acceptors (Lipinski definition) is 3. The molecule has 3 nitrogen and oxygen atoms in total. The van der Waals surface area contributed by atoms with Crippen LogP contribution in [0.25, 0.3) is 0 Å². The molecule has 0 atom stereocenters. The van der Waals surface area contributed by atoms with Crippen molar-refractivity contribution in [1.29, 1.82) is 0 Å². The SMILES string of the molecule is CCOCC(=O)C1(O)CCC(C)CC1. The Bertz CT molecular complexity index is 193. The summed E-state index contributed by atoms with van der Waals surface area (Å²) in [5.41, 5.74) is -1.10. The van der Waals surface area contributed by atoms with Crippen LogP contribution >= 0.6 is 0 Å². The third kappa shape index (κ3) is 2.79. The van der Waals surface area contributed by atoms with Crippen LogP contribution in [0, 0.1) is 5.92 Å². The lowest BCUT2D eigenvalue weighted by Gasteiger charge is -2.33. The summed E-state index contributed by atoms with van der Waals surface area (Å²) in [6.45, 7) is 4.59. The zero-order valence-corrected chi connectivity index (χ0v) is 9.08. The number of carbonyl (C=O) groups excluding carboxylic acids is 1. The lowest BCUT2D eigenvalue weighted by molar-refractivity contribution is -0.146. The van der Waals surface area contributed by atoms with Gasteiger partial charge in [0.05, 0.1) is 0 Å². The molecule has 1 fully saturated rings. The maximum Gasteiger partial charge on any atom is 0.189 e. The molecule has 82 valence electrons. The lowest BCUT2D eigenvalue weighted by atomic mass is 9.77. The third-order valence-electron chi connectivity index (χ3n) is 3.06. The molecule has 0 unspecified atom stereocenters. The molecule has 0 aliphatic heterocycles. The Hall–Kier alpha value is -0.410. The van der Waals surface area contributed by atoms with E-state index in [1.165, 1.54) is 0 Å². The summed E-state index contributed by atoms with van der Waals surface area (Å²) >= 11 is 0. The second kappa shape index (κ2) is 4.89. The van der Waals surface area contributed by atoms with Crippen molar-refractivity contribution >= 4 is 5.78 Å². The summed E-state index contributed by atoms with van der Waals surface area (Å²) in [6, 6.07) is 0. The van der Waals surface area contributed by atoms with E-state index in [1.54, 1.807) is 0 Å². The van der Waals surface area contributed by atoms with E-state index in [1.807, 2.05) is 6.92 Å². The number of ether oxygens (including phenoxy) is 1. The first kappa shape index (κ1) is 11.7. The van der Waals surface area contributed by atoms with Gasteiger partial charge in [0.15, 0.2) is 5.78 Å². The highest BCUT2D eigenvalue weighted by Gasteiger charge is 2.38. The predicted octanol–water partition coefficient (Wildman–Crippen LogP) is 1.53. The molecule has 0 radical (unpaired) electrons. The zero-order valence-electron chi connectivity index (χ0n) is 9.08. The van der Waals surface area contributed by atoms with Crippen LogP contribution in [0.15, 0.2) is 0 Å². The molecule has 0 saturated heterocycles. The molecule has 0 bridgehead atoms. The summed E-state index contributed by atoms with van der Waals surface area (Å²) in [7, 11) is 0. The second-order valence-electron chi connectivity index (χ2n) is 4.27. The van der Waals surface area contributed by atoms with Gasteiger partial charge in [-0.3, -0.25) is 4.79 Å². The molecule has 0 heterocycles. The highest BCUT2D eigenvalue weighted by atomic mass is 16.5. The molecule has 1 aliphatic carbocycles. The minimum Gasteiger partial charge on any atom is -0.382 e. The summed E-state index contributed by atoms with van der Waals surface area (Å²) in [5, 5.41) is 10.1. The van der Waals surface area contributed by atoms with E-state index in [2.05, 4.69) is 6.92 Å². The molecule has 0 aromatic heterocycles. The average molecular weight is 200 g/mol. The first-order valence-electron chi connectivity index (χ1n) is 5.42. The number of carbonyl (C=O) groups is 1. The van der Waals surface area contributed by atoms with Gasteiger partial charge in [0.2, 0.25) is 0 Å². The quantitative estimate of drug-likeness (QED) is 0.748. The first-order chi connectivity index (χ1) is 6.58.